The smallest absolute Gasteiger partial charge is 0.223 e. The van der Waals surface area contributed by atoms with Crippen molar-refractivity contribution in [1.29, 1.82) is 5.26 Å². The van der Waals surface area contributed by atoms with Crippen LogP contribution in [0, 0.1) is 29.1 Å². The first kappa shape index (κ1) is 22.6. The number of alkyl halides is 2. The van der Waals surface area contributed by atoms with Crippen LogP contribution in [0.5, 0.6) is 0 Å². The maximum absolute atomic E-state index is 12.2. The molecule has 5 unspecified atom stereocenters. The monoisotopic (exact) mass is 455 g/mol. The molecule has 0 aromatic rings. The lowest BCUT2D eigenvalue weighted by atomic mass is 9.67. The van der Waals surface area contributed by atoms with Crippen molar-refractivity contribution < 1.29 is 4.79 Å². The van der Waals surface area contributed by atoms with Gasteiger partial charge in [0.15, 0.2) is 0 Å². The molecule has 4 rings (SSSR count). The van der Waals surface area contributed by atoms with Crippen LogP contribution >= 0.6 is 23.2 Å². The van der Waals surface area contributed by atoms with Gasteiger partial charge in [-0.05, 0) is 50.4 Å². The second-order valence-electron chi connectivity index (χ2n) is 9.54. The Bertz CT molecular complexity index is 650. The maximum Gasteiger partial charge on any atom is 0.223 e. The van der Waals surface area contributed by atoms with Crippen molar-refractivity contribution >= 4 is 29.1 Å². The predicted molar refractivity (Wildman–Crippen MR) is 119 cm³/mol. The zero-order valence-electron chi connectivity index (χ0n) is 17.9. The number of halogens is 2. The number of nitrogens with zero attached hydrogens (tertiary/aromatic N) is 3. The van der Waals surface area contributed by atoms with Crippen LogP contribution in [0.2, 0.25) is 0 Å². The van der Waals surface area contributed by atoms with E-state index in [4.69, 9.17) is 23.2 Å². The molecule has 168 valence electrons. The fraction of sp³-hybridized carbons (Fsp3) is 0.909. The summed E-state index contributed by atoms with van der Waals surface area (Å²) in [6.45, 7) is 4.70. The summed E-state index contributed by atoms with van der Waals surface area (Å²) in [6.07, 6.45) is 7.42. The average molecular weight is 456 g/mol. The normalized spacial score (nSPS) is 42.9. The van der Waals surface area contributed by atoms with E-state index in [9.17, 15) is 10.1 Å². The SMILES string of the molecule is CCC(=O)N1CCN(C2NCNC3CC(Cl)C(C4CCC(Cl)CC4)CC32)C[C@H]1C#N. The van der Waals surface area contributed by atoms with Crippen LogP contribution in [-0.2, 0) is 4.79 Å². The second-order valence-corrected chi connectivity index (χ2v) is 10.7. The number of piperazine rings is 1. The molecular formula is C22H35Cl2N5O. The second kappa shape index (κ2) is 9.92. The standard InChI is InChI=1S/C22H35Cl2N5O/c1-2-21(30)29-8-7-28(12-16(29)11-25)22-18-9-17(14-3-5-15(23)6-4-14)19(24)10-20(18)26-13-27-22/h14-20,22,26-27H,2-10,12-13H2,1H3/t14?,15?,16-,17?,18?,19?,20?,22?/m1/s1. The van der Waals surface area contributed by atoms with Crippen LogP contribution in [0.15, 0.2) is 0 Å². The van der Waals surface area contributed by atoms with Gasteiger partial charge in [0, 0.05) is 55.4 Å². The number of carbonyl (C=O) groups excluding carboxylic acids is 1. The lowest BCUT2D eigenvalue weighted by Gasteiger charge is -2.53. The van der Waals surface area contributed by atoms with Gasteiger partial charge in [0.2, 0.25) is 5.91 Å². The van der Waals surface area contributed by atoms with E-state index in [1.165, 1.54) is 12.8 Å². The summed E-state index contributed by atoms with van der Waals surface area (Å²) < 4.78 is 0. The number of fused-ring (bicyclic) bond motifs is 1. The number of carbonyl (C=O) groups is 1. The first-order valence-electron chi connectivity index (χ1n) is 11.7. The van der Waals surface area contributed by atoms with E-state index in [1.54, 1.807) is 4.90 Å². The van der Waals surface area contributed by atoms with Gasteiger partial charge >= 0.3 is 0 Å². The summed E-state index contributed by atoms with van der Waals surface area (Å²) in [4.78, 5) is 16.4. The number of hydrogen-bond acceptors (Lipinski definition) is 5. The first-order chi connectivity index (χ1) is 14.5. The third kappa shape index (κ3) is 4.61. The molecule has 6 nitrogen and oxygen atoms in total. The molecule has 0 bridgehead atoms. The zero-order valence-corrected chi connectivity index (χ0v) is 19.4. The Kier molecular flexibility index (Phi) is 7.47. The van der Waals surface area contributed by atoms with Crippen LogP contribution < -0.4 is 10.6 Å². The maximum atomic E-state index is 12.2. The quantitative estimate of drug-likeness (QED) is 0.640. The number of nitriles is 1. The molecule has 1 amide bonds. The van der Waals surface area contributed by atoms with Crippen LogP contribution in [-0.4, -0.2) is 71.0 Å². The molecule has 8 heteroatoms. The molecule has 4 aliphatic rings. The summed E-state index contributed by atoms with van der Waals surface area (Å²) in [5.41, 5.74) is 0. The van der Waals surface area contributed by atoms with E-state index in [0.29, 0.717) is 48.7 Å². The van der Waals surface area contributed by atoms with Crippen molar-refractivity contribution in [2.45, 2.75) is 80.9 Å². The molecule has 2 heterocycles. The zero-order chi connectivity index (χ0) is 21.3. The fourth-order valence-electron chi connectivity index (χ4n) is 6.31. The molecule has 0 radical (unpaired) electrons. The molecule has 2 aliphatic carbocycles. The van der Waals surface area contributed by atoms with Gasteiger partial charge in [-0.15, -0.1) is 23.2 Å². The van der Waals surface area contributed by atoms with Crippen molar-refractivity contribution in [3.05, 3.63) is 0 Å². The third-order valence-electron chi connectivity index (χ3n) is 7.97. The highest BCUT2D eigenvalue weighted by Gasteiger charge is 2.47. The van der Waals surface area contributed by atoms with Crippen molar-refractivity contribution in [3.8, 4) is 6.07 Å². The molecule has 2 saturated carbocycles. The molecule has 2 saturated heterocycles. The van der Waals surface area contributed by atoms with Gasteiger partial charge in [-0.3, -0.25) is 15.0 Å². The summed E-state index contributed by atoms with van der Waals surface area (Å²) in [6, 6.07) is 2.42. The minimum absolute atomic E-state index is 0.0787. The van der Waals surface area contributed by atoms with Crippen molar-refractivity contribution in [2.24, 2.45) is 17.8 Å². The van der Waals surface area contributed by atoms with Crippen LogP contribution in [0.1, 0.15) is 51.9 Å². The van der Waals surface area contributed by atoms with Gasteiger partial charge in [-0.1, -0.05) is 6.92 Å². The Morgan fingerprint density at radius 2 is 1.87 bits per heavy atom. The molecule has 30 heavy (non-hydrogen) atoms. The Morgan fingerprint density at radius 1 is 1.10 bits per heavy atom. The first-order valence-corrected chi connectivity index (χ1v) is 12.6. The number of amides is 1. The number of hydrogen-bond donors (Lipinski definition) is 2. The van der Waals surface area contributed by atoms with E-state index >= 15 is 0 Å². The lowest BCUT2D eigenvalue weighted by Crippen LogP contribution is -2.69. The molecule has 6 atom stereocenters. The van der Waals surface area contributed by atoms with Gasteiger partial charge in [0.05, 0.1) is 12.2 Å². The lowest BCUT2D eigenvalue weighted by molar-refractivity contribution is -0.135. The highest BCUT2D eigenvalue weighted by Crippen LogP contribution is 2.45. The summed E-state index contributed by atoms with van der Waals surface area (Å²) in [5.74, 6) is 1.77. The topological polar surface area (TPSA) is 71.4 Å². The highest BCUT2D eigenvalue weighted by molar-refractivity contribution is 6.21. The summed E-state index contributed by atoms with van der Waals surface area (Å²) >= 11 is 13.3. The molecular weight excluding hydrogens is 421 g/mol. The van der Waals surface area contributed by atoms with E-state index in [0.717, 1.165) is 38.9 Å². The van der Waals surface area contributed by atoms with E-state index in [1.807, 2.05) is 6.92 Å². The Labute approximate surface area is 190 Å². The van der Waals surface area contributed by atoms with Gasteiger partial charge in [0.1, 0.15) is 6.04 Å². The Balaban J connectivity index is 1.45. The fourth-order valence-corrected chi connectivity index (χ4v) is 7.06. The Hall–Kier alpha value is -0.580. The third-order valence-corrected chi connectivity index (χ3v) is 8.91. The van der Waals surface area contributed by atoms with Crippen LogP contribution in [0.4, 0.5) is 0 Å². The minimum atomic E-state index is -0.361. The van der Waals surface area contributed by atoms with E-state index < -0.39 is 0 Å². The van der Waals surface area contributed by atoms with Crippen molar-refractivity contribution in [3.63, 3.8) is 0 Å². The molecule has 0 aromatic carbocycles. The highest BCUT2D eigenvalue weighted by atomic mass is 35.5. The number of nitrogens with one attached hydrogen (secondary N) is 2. The minimum Gasteiger partial charge on any atom is -0.324 e. The average Bonchev–Trinajstić information content (AvgIpc) is 2.78. The molecule has 4 fully saturated rings. The molecule has 2 N–H and O–H groups in total. The van der Waals surface area contributed by atoms with Gasteiger partial charge in [-0.2, -0.15) is 5.26 Å². The van der Waals surface area contributed by atoms with E-state index in [2.05, 4.69) is 21.6 Å². The molecule has 0 aromatic heterocycles. The van der Waals surface area contributed by atoms with Gasteiger partial charge in [-0.25, -0.2) is 0 Å². The van der Waals surface area contributed by atoms with Gasteiger partial charge in [0.25, 0.3) is 0 Å². The van der Waals surface area contributed by atoms with Crippen molar-refractivity contribution in [2.75, 3.05) is 26.3 Å². The molecule has 2 aliphatic heterocycles. The van der Waals surface area contributed by atoms with Crippen LogP contribution in [0.25, 0.3) is 0 Å². The number of rotatable bonds is 3. The van der Waals surface area contributed by atoms with E-state index in [-0.39, 0.29) is 23.5 Å². The largest absolute Gasteiger partial charge is 0.324 e. The van der Waals surface area contributed by atoms with Gasteiger partial charge < -0.3 is 10.2 Å². The summed E-state index contributed by atoms with van der Waals surface area (Å²) in [5, 5.41) is 17.6. The molecule has 0 spiro atoms. The Morgan fingerprint density at radius 3 is 2.57 bits per heavy atom. The summed E-state index contributed by atoms with van der Waals surface area (Å²) in [7, 11) is 0. The van der Waals surface area contributed by atoms with Crippen LogP contribution in [0.3, 0.4) is 0 Å². The predicted octanol–water partition coefficient (Wildman–Crippen LogP) is 2.71. The van der Waals surface area contributed by atoms with Crippen molar-refractivity contribution in [1.82, 2.24) is 20.4 Å².